The predicted molar refractivity (Wildman–Crippen MR) is 147 cm³/mol. The van der Waals surface area contributed by atoms with E-state index in [1.54, 1.807) is 41.3 Å². The molecule has 9 heteroatoms. The fourth-order valence-electron chi connectivity index (χ4n) is 5.72. The van der Waals surface area contributed by atoms with Gasteiger partial charge in [0, 0.05) is 49.8 Å². The van der Waals surface area contributed by atoms with Gasteiger partial charge in [0.05, 0.1) is 6.54 Å². The monoisotopic (exact) mass is 532 g/mol. The van der Waals surface area contributed by atoms with E-state index in [0.29, 0.717) is 36.6 Å². The molecule has 4 N–H and O–H groups in total. The van der Waals surface area contributed by atoms with E-state index in [9.17, 15) is 14.7 Å². The van der Waals surface area contributed by atoms with Gasteiger partial charge in [-0.1, -0.05) is 32.0 Å². The second kappa shape index (κ2) is 10.6. The Kier molecular flexibility index (Phi) is 7.25. The van der Waals surface area contributed by atoms with Gasteiger partial charge in [0.25, 0.3) is 0 Å². The van der Waals surface area contributed by atoms with Crippen molar-refractivity contribution in [1.29, 1.82) is 5.41 Å². The Morgan fingerprint density at radius 3 is 2.54 bits per heavy atom. The number of nitrogens with zero attached hydrogens (tertiary/aromatic N) is 2. The number of rotatable bonds is 7. The van der Waals surface area contributed by atoms with E-state index in [-0.39, 0.29) is 23.3 Å². The number of nitrogens with two attached hydrogens (primary N) is 1. The van der Waals surface area contributed by atoms with Crippen LogP contribution in [0.15, 0.2) is 54.2 Å². The van der Waals surface area contributed by atoms with E-state index in [4.69, 9.17) is 20.6 Å². The third kappa shape index (κ3) is 6.19. The Labute approximate surface area is 228 Å². The first kappa shape index (κ1) is 26.6. The molecular weight excluding hydrogens is 496 g/mol. The molecule has 1 unspecified atom stereocenters. The van der Waals surface area contributed by atoms with Crippen molar-refractivity contribution in [2.75, 3.05) is 19.6 Å². The quantitative estimate of drug-likeness (QED) is 0.362. The molecule has 9 nitrogen and oxygen atoms in total. The van der Waals surface area contributed by atoms with Gasteiger partial charge in [0.2, 0.25) is 6.10 Å². The van der Waals surface area contributed by atoms with Crippen molar-refractivity contribution in [3.05, 3.63) is 70.9 Å². The summed E-state index contributed by atoms with van der Waals surface area (Å²) >= 11 is 0. The number of hydrogen-bond donors (Lipinski definition) is 3. The van der Waals surface area contributed by atoms with Crippen molar-refractivity contribution in [3.63, 3.8) is 0 Å². The van der Waals surface area contributed by atoms with Gasteiger partial charge in [0.1, 0.15) is 17.6 Å². The Morgan fingerprint density at radius 1 is 1.10 bits per heavy atom. The van der Waals surface area contributed by atoms with Crippen LogP contribution in [-0.2, 0) is 22.6 Å². The molecule has 1 saturated heterocycles. The Balaban J connectivity index is 1.22. The molecule has 0 bridgehead atoms. The molecule has 2 aromatic rings. The number of carboxylic acids is 1. The molecule has 39 heavy (non-hydrogen) atoms. The van der Waals surface area contributed by atoms with Crippen molar-refractivity contribution in [2.24, 2.45) is 11.1 Å². The molecule has 0 saturated carbocycles. The average molecular weight is 533 g/mol. The van der Waals surface area contributed by atoms with Crippen LogP contribution in [0.2, 0.25) is 0 Å². The molecule has 1 aliphatic carbocycles. The highest BCUT2D eigenvalue weighted by molar-refractivity contribution is 5.91. The molecule has 0 spiro atoms. The second-order valence-corrected chi connectivity index (χ2v) is 11.5. The fourth-order valence-corrected chi connectivity index (χ4v) is 5.72. The van der Waals surface area contributed by atoms with E-state index in [1.165, 1.54) is 0 Å². The number of ketones is 1. The van der Waals surface area contributed by atoms with Crippen LogP contribution in [0.4, 0.5) is 0 Å². The first-order chi connectivity index (χ1) is 18.6. The topological polar surface area (TPSA) is 129 Å². The summed E-state index contributed by atoms with van der Waals surface area (Å²) < 4.78 is 12.1. The van der Waals surface area contributed by atoms with Gasteiger partial charge >= 0.3 is 5.97 Å². The number of ether oxygens (including phenoxy) is 2. The molecule has 2 aliphatic heterocycles. The molecule has 3 aliphatic rings. The summed E-state index contributed by atoms with van der Waals surface area (Å²) in [6, 6.07) is 12.6. The van der Waals surface area contributed by atoms with Gasteiger partial charge in [-0.3, -0.25) is 10.2 Å². The van der Waals surface area contributed by atoms with E-state index in [0.717, 1.165) is 49.2 Å². The highest BCUT2D eigenvalue weighted by Gasteiger charge is 2.33. The van der Waals surface area contributed by atoms with Gasteiger partial charge in [-0.2, -0.15) is 0 Å². The number of likely N-dealkylation sites (tertiary alicyclic amines) is 1. The minimum absolute atomic E-state index is 0.00604. The van der Waals surface area contributed by atoms with Crippen LogP contribution >= 0.6 is 0 Å². The Hall–Kier alpha value is -4.01. The van der Waals surface area contributed by atoms with Gasteiger partial charge < -0.3 is 30.1 Å². The zero-order valence-corrected chi connectivity index (χ0v) is 22.5. The van der Waals surface area contributed by atoms with Crippen molar-refractivity contribution in [3.8, 4) is 11.5 Å². The van der Waals surface area contributed by atoms with Crippen molar-refractivity contribution >= 4 is 17.7 Å². The fraction of sp³-hybridized carbons (Fsp3) is 0.433. The zero-order chi connectivity index (χ0) is 27.7. The van der Waals surface area contributed by atoms with E-state index in [1.807, 2.05) is 12.1 Å². The van der Waals surface area contributed by atoms with Crippen LogP contribution in [-0.4, -0.2) is 58.4 Å². The Morgan fingerprint density at radius 2 is 1.85 bits per heavy atom. The van der Waals surface area contributed by atoms with E-state index >= 15 is 0 Å². The van der Waals surface area contributed by atoms with Gasteiger partial charge in [0.15, 0.2) is 11.7 Å². The largest absolute Gasteiger partial charge is 0.489 e. The number of allylic oxidation sites excluding steroid dienone is 2. The number of hydrogen-bond acceptors (Lipinski definition) is 6. The van der Waals surface area contributed by atoms with Gasteiger partial charge in [-0.25, -0.2) is 4.79 Å². The number of carbonyl (C=O) groups is 2. The minimum Gasteiger partial charge on any atom is -0.489 e. The summed E-state index contributed by atoms with van der Waals surface area (Å²) in [5, 5.41) is 17.6. The minimum atomic E-state index is -1.18. The smallest absolute Gasteiger partial charge is 0.349 e. The maximum absolute atomic E-state index is 12.2. The molecule has 206 valence electrons. The van der Waals surface area contributed by atoms with E-state index < -0.39 is 12.1 Å². The number of guanidine groups is 1. The summed E-state index contributed by atoms with van der Waals surface area (Å²) in [4.78, 5) is 28.3. The first-order valence-corrected chi connectivity index (χ1v) is 13.4. The SMILES string of the molecule is CC1(C)CC(=O)C=C(N2CC[C@H](Oc3ccc(C(Oc4ccc5c(c4)CN(C(=N)N)CC5)C(=O)O)cc3)C2)C1. The number of carbonyl (C=O) groups excluding carboxylic acids is 1. The second-order valence-electron chi connectivity index (χ2n) is 11.5. The standard InChI is InChI=1S/C30H36N4O5/c1-30(2)15-22(14-23(35)16-30)33-12-10-26(18-33)38-24-6-4-20(5-7-24)27(28(36)37)39-25-8-3-19-9-11-34(29(31)32)17-21(19)13-25/h3-8,13-14,26-27H,9-12,15-18H2,1-2H3,(H3,31,32)(H,36,37)/t26-,27?/m0/s1. The third-order valence-corrected chi connectivity index (χ3v) is 7.69. The summed E-state index contributed by atoms with van der Waals surface area (Å²) in [7, 11) is 0. The average Bonchev–Trinajstić information content (AvgIpc) is 3.34. The predicted octanol–water partition coefficient (Wildman–Crippen LogP) is 3.87. The van der Waals surface area contributed by atoms with Gasteiger partial charge in [-0.15, -0.1) is 0 Å². The highest BCUT2D eigenvalue weighted by atomic mass is 16.5. The highest BCUT2D eigenvalue weighted by Crippen LogP contribution is 2.36. The number of aliphatic carboxylic acids is 1. The van der Waals surface area contributed by atoms with Crippen LogP contribution in [0.5, 0.6) is 11.5 Å². The van der Waals surface area contributed by atoms with Crippen LogP contribution in [0.3, 0.4) is 0 Å². The molecular formula is C30H36N4O5. The summed E-state index contributed by atoms with van der Waals surface area (Å²) in [5.74, 6) is 0.243. The summed E-state index contributed by atoms with van der Waals surface area (Å²) in [6.07, 6.45) is 3.70. The van der Waals surface area contributed by atoms with Crippen LogP contribution in [0.1, 0.15) is 55.9 Å². The lowest BCUT2D eigenvalue weighted by Crippen LogP contribution is -2.40. The lowest BCUT2D eigenvalue weighted by molar-refractivity contribution is -0.145. The van der Waals surface area contributed by atoms with Crippen LogP contribution < -0.4 is 15.2 Å². The molecule has 5 rings (SSSR count). The maximum atomic E-state index is 12.2. The number of fused-ring (bicyclic) bond motifs is 1. The molecule has 0 radical (unpaired) electrons. The normalized spacial score (nSPS) is 21.1. The number of carboxylic acid groups (broad SMARTS) is 1. The molecule has 1 fully saturated rings. The molecule has 2 heterocycles. The van der Waals surface area contributed by atoms with Crippen molar-refractivity contribution in [2.45, 2.75) is 58.3 Å². The first-order valence-electron chi connectivity index (χ1n) is 13.4. The Bertz CT molecular complexity index is 1300. The third-order valence-electron chi connectivity index (χ3n) is 7.69. The molecule has 0 amide bonds. The number of benzene rings is 2. The van der Waals surface area contributed by atoms with Crippen molar-refractivity contribution < 1.29 is 24.2 Å². The van der Waals surface area contributed by atoms with Crippen molar-refractivity contribution in [1.82, 2.24) is 9.80 Å². The lowest BCUT2D eigenvalue weighted by Gasteiger charge is -2.33. The summed E-state index contributed by atoms with van der Waals surface area (Å²) in [6.45, 7) is 7.00. The molecule has 0 aromatic heterocycles. The molecule has 2 aromatic carbocycles. The molecule has 2 atom stereocenters. The van der Waals surface area contributed by atoms with E-state index in [2.05, 4.69) is 18.7 Å². The summed E-state index contributed by atoms with van der Waals surface area (Å²) in [5.41, 5.74) is 9.36. The zero-order valence-electron chi connectivity index (χ0n) is 22.5. The van der Waals surface area contributed by atoms with Gasteiger partial charge in [-0.05, 0) is 53.6 Å². The number of nitrogens with one attached hydrogen (secondary N) is 1. The van der Waals surface area contributed by atoms with Crippen LogP contribution in [0, 0.1) is 10.8 Å². The lowest BCUT2D eigenvalue weighted by atomic mass is 9.78. The maximum Gasteiger partial charge on any atom is 0.349 e. The van der Waals surface area contributed by atoms with Crippen LogP contribution in [0.25, 0.3) is 0 Å².